The van der Waals surface area contributed by atoms with Gasteiger partial charge < -0.3 is 32.3 Å². The molecule has 2 saturated heterocycles. The van der Waals surface area contributed by atoms with Gasteiger partial charge in [0.25, 0.3) is 0 Å². The predicted octanol–water partition coefficient (Wildman–Crippen LogP) is 11.0. The third-order valence-electron chi connectivity index (χ3n) is 9.94. The molecule has 13 heteroatoms. The van der Waals surface area contributed by atoms with Gasteiger partial charge in [0.2, 0.25) is 0 Å². The Labute approximate surface area is 334 Å². The van der Waals surface area contributed by atoms with Crippen molar-refractivity contribution in [1.82, 2.24) is 0 Å². The van der Waals surface area contributed by atoms with Gasteiger partial charge in [0.1, 0.15) is 10.1 Å². The molecule has 6 atom stereocenters. The zero-order chi connectivity index (χ0) is 38.2. The van der Waals surface area contributed by atoms with Crippen molar-refractivity contribution in [2.24, 2.45) is 11.8 Å². The average molecular weight is 829 g/mol. The summed E-state index contributed by atoms with van der Waals surface area (Å²) in [6.45, 7) is 21.6. The van der Waals surface area contributed by atoms with Gasteiger partial charge in [-0.2, -0.15) is 0 Å². The maximum absolute atomic E-state index is 11.2. The van der Waals surface area contributed by atoms with Gasteiger partial charge in [-0.1, -0.05) is 48.6 Å². The lowest BCUT2D eigenvalue weighted by molar-refractivity contribution is -0.140. The molecule has 0 aromatic heterocycles. The van der Waals surface area contributed by atoms with E-state index < -0.39 is 28.0 Å². The fraction of sp³-hybridized carbons (Fsp3) is 0.725. The highest BCUT2D eigenvalue weighted by molar-refractivity contribution is 8.25. The number of benzene rings is 1. The molecule has 2 fully saturated rings. The van der Waals surface area contributed by atoms with Crippen LogP contribution in [-0.4, -0.2) is 88.6 Å². The van der Waals surface area contributed by atoms with E-state index in [2.05, 4.69) is 64.1 Å². The van der Waals surface area contributed by atoms with Gasteiger partial charge in [0.15, 0.2) is 16.8 Å². The molecule has 8 nitrogen and oxygen atoms in total. The molecule has 2 aliphatic heterocycles. The normalized spacial score (nSPS) is 29.1. The van der Waals surface area contributed by atoms with Gasteiger partial charge in [-0.3, -0.25) is 4.79 Å². The number of rotatable bonds is 26. The van der Waals surface area contributed by atoms with Crippen LogP contribution in [0.15, 0.2) is 48.6 Å². The molecular weight excluding hydrogens is 767 g/mol. The summed E-state index contributed by atoms with van der Waals surface area (Å²) >= 11 is 5.99. The third-order valence-corrected chi connectivity index (χ3v) is 20.9. The molecular formula is C40H62O8P2S3. The van der Waals surface area contributed by atoms with Gasteiger partial charge in [-0.15, -0.1) is 35.3 Å². The molecule has 1 aromatic rings. The summed E-state index contributed by atoms with van der Waals surface area (Å²) in [6, 6.07) is 7.89. The third kappa shape index (κ3) is 11.4. The number of hydrogen-bond donors (Lipinski definition) is 0. The van der Waals surface area contributed by atoms with Crippen molar-refractivity contribution < 1.29 is 37.1 Å². The average Bonchev–Trinajstić information content (AvgIpc) is 3.92. The van der Waals surface area contributed by atoms with Crippen molar-refractivity contribution in [2.75, 3.05) is 52.9 Å². The number of aldehydes is 1. The molecule has 2 heterocycles. The lowest BCUT2D eigenvalue weighted by atomic mass is 10.0. The molecule has 0 saturated carbocycles. The Morgan fingerprint density at radius 2 is 1.45 bits per heavy atom. The zero-order valence-electron chi connectivity index (χ0n) is 33.0. The van der Waals surface area contributed by atoms with Gasteiger partial charge in [-0.05, 0) is 92.6 Å². The first kappa shape index (κ1) is 44.1. The standard InChI is InChI=1S/C40H62O8P2S3/c1-9-45-49(46-10-2)35-33-17-19-38(25-33,52-35)22-24-43-37(7,8)30-44-36(5,6)29-42-23-21-39-20-18-34(26-39)40(53-39,50(47-11-3)48-12-4)51-28-32-15-13-31(27-41)14-16-32/h13-20,27,33-35H,9-12,21-26,28-30H2,1-8H3. The number of ether oxygens (including phenoxy) is 3. The van der Waals surface area contributed by atoms with Crippen LogP contribution in [0.3, 0.4) is 0 Å². The van der Waals surface area contributed by atoms with E-state index in [1.165, 1.54) is 5.56 Å². The first-order valence-electron chi connectivity index (χ1n) is 19.3. The molecule has 2 aliphatic carbocycles. The molecule has 0 radical (unpaired) electrons. The number of thioether (sulfide) groups is 3. The van der Waals surface area contributed by atoms with Crippen molar-refractivity contribution in [3.8, 4) is 0 Å². The molecule has 0 amide bonds. The fourth-order valence-electron chi connectivity index (χ4n) is 7.27. The van der Waals surface area contributed by atoms with Crippen LogP contribution in [0.5, 0.6) is 0 Å². The molecule has 5 rings (SSSR count). The molecule has 4 bridgehead atoms. The van der Waals surface area contributed by atoms with E-state index in [9.17, 15) is 4.79 Å². The minimum Gasteiger partial charge on any atom is -0.378 e. The summed E-state index contributed by atoms with van der Waals surface area (Å²) in [7, 11) is -2.02. The SMILES string of the molecule is CCOP(OCC)C1SC2(CCOC(C)(C)COC(C)(C)COCCC34C=CC(C3)C(SCc3ccc(C=O)cc3)(P(OCC)OCC)S4)C=CC1C2. The molecule has 4 aliphatic rings. The van der Waals surface area contributed by atoms with Crippen molar-refractivity contribution in [3.63, 3.8) is 0 Å². The number of fused-ring (bicyclic) bond motifs is 4. The minimum atomic E-state index is -1.14. The summed E-state index contributed by atoms with van der Waals surface area (Å²) in [6.07, 6.45) is 14.5. The van der Waals surface area contributed by atoms with Crippen molar-refractivity contribution >= 4 is 58.3 Å². The largest absolute Gasteiger partial charge is 0.378 e. The quantitative estimate of drug-likeness (QED) is 0.0387. The van der Waals surface area contributed by atoms with Crippen molar-refractivity contribution in [2.45, 2.75) is 116 Å². The van der Waals surface area contributed by atoms with Crippen molar-refractivity contribution in [3.05, 3.63) is 59.7 Å². The van der Waals surface area contributed by atoms with E-state index in [4.69, 9.17) is 32.3 Å². The Bertz CT molecular complexity index is 1370. The molecule has 0 spiro atoms. The van der Waals surface area contributed by atoms with Crippen LogP contribution in [0.1, 0.15) is 97.0 Å². The van der Waals surface area contributed by atoms with E-state index in [-0.39, 0.29) is 13.3 Å². The Kier molecular flexibility index (Phi) is 16.3. The van der Waals surface area contributed by atoms with E-state index in [0.29, 0.717) is 75.2 Å². The summed E-state index contributed by atoms with van der Waals surface area (Å²) in [5.74, 6) is 1.69. The minimum absolute atomic E-state index is 0.0196. The highest BCUT2D eigenvalue weighted by Gasteiger charge is 2.62. The maximum Gasteiger partial charge on any atom is 0.199 e. The summed E-state index contributed by atoms with van der Waals surface area (Å²) < 4.78 is 43.9. The molecule has 0 N–H and O–H groups in total. The van der Waals surface area contributed by atoms with Crippen LogP contribution in [0.2, 0.25) is 0 Å². The van der Waals surface area contributed by atoms with Gasteiger partial charge >= 0.3 is 0 Å². The zero-order valence-corrected chi connectivity index (χ0v) is 37.2. The summed E-state index contributed by atoms with van der Waals surface area (Å²) in [4.78, 5) is 11.6. The maximum atomic E-state index is 11.2. The number of carbonyl (C=O) groups excluding carboxylic acids is 1. The van der Waals surface area contributed by atoms with Crippen LogP contribution < -0.4 is 0 Å². The Morgan fingerprint density at radius 3 is 2.11 bits per heavy atom. The highest BCUT2D eigenvalue weighted by atomic mass is 32.2. The molecule has 1 aromatic carbocycles. The number of hydrogen-bond acceptors (Lipinski definition) is 11. The van der Waals surface area contributed by atoms with Gasteiger partial charge in [-0.25, -0.2) is 0 Å². The highest BCUT2D eigenvalue weighted by Crippen LogP contribution is 2.77. The smallest absolute Gasteiger partial charge is 0.199 e. The van der Waals surface area contributed by atoms with E-state index >= 15 is 0 Å². The Balaban J connectivity index is 1.07. The summed E-state index contributed by atoms with van der Waals surface area (Å²) in [5, 5.41) is 0. The van der Waals surface area contributed by atoms with E-state index in [0.717, 1.165) is 37.7 Å². The molecule has 6 unspecified atom stereocenters. The molecule has 53 heavy (non-hydrogen) atoms. The predicted molar refractivity (Wildman–Crippen MR) is 225 cm³/mol. The Morgan fingerprint density at radius 1 is 0.811 bits per heavy atom. The number of carbonyl (C=O) groups is 1. The second-order valence-electron chi connectivity index (χ2n) is 15.3. The van der Waals surface area contributed by atoms with Crippen LogP contribution in [0.25, 0.3) is 0 Å². The van der Waals surface area contributed by atoms with Gasteiger partial charge in [0, 0.05) is 39.9 Å². The lowest BCUT2D eigenvalue weighted by Crippen LogP contribution is -2.40. The van der Waals surface area contributed by atoms with Crippen LogP contribution in [0.4, 0.5) is 0 Å². The van der Waals surface area contributed by atoms with Crippen LogP contribution in [0, 0.1) is 11.8 Å². The Hall–Kier alpha value is -0.000000000000000278. The van der Waals surface area contributed by atoms with Crippen molar-refractivity contribution in [1.29, 1.82) is 0 Å². The van der Waals surface area contributed by atoms with Gasteiger partial charge in [0.05, 0.1) is 55.8 Å². The summed E-state index contributed by atoms with van der Waals surface area (Å²) in [5.41, 5.74) is 1.03. The second kappa shape index (κ2) is 19.6. The van der Waals surface area contributed by atoms with E-state index in [1.54, 1.807) is 0 Å². The first-order valence-corrected chi connectivity index (χ1v) is 24.4. The fourth-order valence-corrected chi connectivity index (χ4v) is 18.3. The van der Waals surface area contributed by atoms with Crippen LogP contribution in [-0.2, 0) is 38.1 Å². The molecule has 298 valence electrons. The second-order valence-corrected chi connectivity index (χ2v) is 24.4. The monoisotopic (exact) mass is 828 g/mol. The number of allylic oxidation sites excluding steroid dienone is 2. The van der Waals surface area contributed by atoms with E-state index in [1.807, 2.05) is 75.1 Å². The topological polar surface area (TPSA) is 81.7 Å². The first-order chi connectivity index (χ1) is 25.4. The lowest BCUT2D eigenvalue weighted by Gasteiger charge is -2.41. The van der Waals surface area contributed by atoms with Crippen LogP contribution >= 0.6 is 52.0 Å².